The number of hydrogen-bond donors (Lipinski definition) is 3. The molecule has 0 spiro atoms. The van der Waals surface area contributed by atoms with Gasteiger partial charge in [0.2, 0.25) is 56.0 Å². The molecular weight excluding hydrogens is 987 g/mol. The van der Waals surface area contributed by atoms with Crippen molar-refractivity contribution in [2.45, 2.75) is 155 Å². The molecule has 0 radical (unpaired) electrons. The number of carboxylic acid groups (broad SMARTS) is 1. The van der Waals surface area contributed by atoms with Gasteiger partial charge in [-0.3, -0.25) is 9.59 Å². The average Bonchev–Trinajstić information content (AvgIpc) is 3.88. The fraction of sp³-hybridized carbons (Fsp3) is 0.952. The van der Waals surface area contributed by atoms with E-state index in [9.17, 15) is 51.7 Å². The van der Waals surface area contributed by atoms with Crippen LogP contribution in [-0.2, 0) is 64.4 Å². The highest BCUT2D eigenvalue weighted by molar-refractivity contribution is 7.90. The van der Waals surface area contributed by atoms with Crippen molar-refractivity contribution in [3.8, 4) is 0 Å². The van der Waals surface area contributed by atoms with E-state index in [4.69, 9.17) is 9.84 Å². The highest BCUT2D eigenvalue weighted by Gasteiger charge is 2.30. The summed E-state index contributed by atoms with van der Waals surface area (Å²) in [5, 5.41) is 9.38. The third-order valence-electron chi connectivity index (χ3n) is 10.3. The first-order valence-electron chi connectivity index (χ1n) is 23.4. The van der Waals surface area contributed by atoms with E-state index in [0.29, 0.717) is 45.4 Å². The van der Waals surface area contributed by atoms with Crippen LogP contribution in [0.4, 0.5) is 0 Å². The molecule has 1 amide bonds. The summed E-state index contributed by atoms with van der Waals surface area (Å²) >= 11 is 0. The first-order valence-corrected chi connectivity index (χ1v) is 30.9. The second-order valence-electron chi connectivity index (χ2n) is 18.7. The molecule has 1 aliphatic carbocycles. The molecule has 4 fully saturated rings. The van der Waals surface area contributed by atoms with Gasteiger partial charge in [-0.2, -0.15) is 8.61 Å². The first kappa shape index (κ1) is 70.7. The summed E-state index contributed by atoms with van der Waals surface area (Å²) in [6.45, 7) is 30.5. The summed E-state index contributed by atoms with van der Waals surface area (Å²) in [6, 6.07) is 0.514. The van der Waals surface area contributed by atoms with Crippen molar-refractivity contribution in [1.82, 2.24) is 32.2 Å². The Balaban J connectivity index is -0.000000734. The number of piperazine rings is 1. The molecule has 26 heteroatoms. The van der Waals surface area contributed by atoms with Crippen molar-refractivity contribution in [3.05, 3.63) is 0 Å². The van der Waals surface area contributed by atoms with E-state index in [1.54, 1.807) is 91.7 Å². The molecule has 0 aromatic rings. The Kier molecular flexibility index (Phi) is 34.5. The second-order valence-corrected chi connectivity index (χ2v) is 31.3. The predicted molar refractivity (Wildman–Crippen MR) is 274 cm³/mol. The molecule has 0 aromatic carbocycles. The molecule has 1 saturated carbocycles. The lowest BCUT2D eigenvalue weighted by molar-refractivity contribution is -0.140. The molecule has 0 unspecified atom stereocenters. The van der Waals surface area contributed by atoms with Crippen molar-refractivity contribution < 1.29 is 61.5 Å². The van der Waals surface area contributed by atoms with Gasteiger partial charge in [-0.15, -0.1) is 0 Å². The van der Waals surface area contributed by atoms with E-state index in [0.717, 1.165) is 39.0 Å². The zero-order valence-electron chi connectivity index (χ0n) is 44.6. The first-order chi connectivity index (χ1) is 30.8. The number of likely N-dealkylation sites (N-methyl/N-ethyl adjacent to an activating group) is 1. The third-order valence-corrected chi connectivity index (χ3v) is 21.2. The van der Waals surface area contributed by atoms with E-state index in [2.05, 4.69) is 14.9 Å². The van der Waals surface area contributed by atoms with Crippen LogP contribution in [0.3, 0.4) is 0 Å². The van der Waals surface area contributed by atoms with Crippen LogP contribution < -0.4 is 10.0 Å². The van der Waals surface area contributed by atoms with Crippen LogP contribution in [-0.4, -0.2) is 207 Å². The Morgan fingerprint density at radius 1 is 0.544 bits per heavy atom. The molecule has 0 bridgehead atoms. The van der Waals surface area contributed by atoms with Crippen molar-refractivity contribution in [1.29, 1.82) is 0 Å². The summed E-state index contributed by atoms with van der Waals surface area (Å²) < 4.78 is 126. The number of aliphatic carboxylic acids is 1. The lowest BCUT2D eigenvalue weighted by Gasteiger charge is -2.32. The molecule has 21 nitrogen and oxygen atoms in total. The van der Waals surface area contributed by atoms with E-state index in [1.165, 1.54) is 42.6 Å². The normalized spacial score (nSPS) is 18.0. The van der Waals surface area contributed by atoms with Crippen LogP contribution in [0.1, 0.15) is 123 Å². The molecule has 68 heavy (non-hydrogen) atoms. The summed E-state index contributed by atoms with van der Waals surface area (Å²) in [5.41, 5.74) is 0. The zero-order valence-corrected chi connectivity index (χ0v) is 48.6. The van der Waals surface area contributed by atoms with Gasteiger partial charge >= 0.3 is 5.97 Å². The molecule has 0 atom stereocenters. The summed E-state index contributed by atoms with van der Waals surface area (Å²) in [4.78, 5) is 22.7. The Morgan fingerprint density at radius 2 is 0.882 bits per heavy atom. The Bertz CT molecular complexity index is 1960. The summed E-state index contributed by atoms with van der Waals surface area (Å²) in [5.74, 6) is -0.636. The van der Waals surface area contributed by atoms with Crippen molar-refractivity contribution in [2.75, 3.05) is 93.8 Å². The third kappa shape index (κ3) is 28.4. The smallest absolute Gasteiger partial charge is 0.305 e. The maximum Gasteiger partial charge on any atom is 0.305 e. The number of amides is 1. The number of hydrogen-bond acceptors (Lipinski definition) is 14. The van der Waals surface area contributed by atoms with Gasteiger partial charge < -0.3 is 20.1 Å². The highest BCUT2D eigenvalue weighted by atomic mass is 32.2. The van der Waals surface area contributed by atoms with Crippen LogP contribution in [0.2, 0.25) is 0 Å². The van der Waals surface area contributed by atoms with Crippen LogP contribution in [0.5, 0.6) is 0 Å². The molecule has 3 N–H and O–H groups in total. The minimum atomic E-state index is -3.05. The van der Waals surface area contributed by atoms with Gasteiger partial charge in [0.15, 0.2) is 0 Å². The minimum absolute atomic E-state index is 0.144. The Labute approximate surface area is 414 Å². The number of carbonyl (C=O) groups excluding carboxylic acids is 1. The number of nitrogens with zero attached hydrogens (tertiary/aromatic N) is 5. The molecule has 410 valence electrons. The number of ether oxygens (including phenoxy) is 1. The standard InChI is InChI=1S/C8H18N2O2S.C7H15NO3S.C7H15NO2S.C7H13NO.C5H13NO2S.C4H11NO2S.C4H8O2/c1-8(2)13(11,12)10-6-4-9(3)5-7-10;1-7(2)12(9,10)8-3-5-11-6-4-8;1-7(2)11(9,10)8-5-3-4-6-8;1-5(2)7(9)8-6-3-4-6;1-5(2)9(7,8)6(3)4;1-4(2)8(6,7)5-3;1-3(2)4(5)6/h8H,4-7H2,1-3H3;7H,3-6H2,1-2H3;7H,3-6H2,1-2H3;5-6H,3-4H2,1-2H3,(H,8,9);5H,1-4H3;4-5H,1-3H3;3H,1-2H3,(H,5,6). The molecule has 4 aliphatic rings. The van der Waals surface area contributed by atoms with Crippen LogP contribution >= 0.6 is 0 Å². The van der Waals surface area contributed by atoms with Gasteiger partial charge in [-0.05, 0) is 109 Å². The number of carbonyl (C=O) groups is 2. The van der Waals surface area contributed by atoms with E-state index >= 15 is 0 Å². The SMILES string of the molecule is CC(C)C(=O)NC1CC1.CC(C)C(=O)O.CC(C)S(=O)(=O)N(C)C.CC(C)S(=O)(=O)N1CCCC1.CC(C)S(=O)(=O)N1CCN(C)CC1.CC(C)S(=O)(=O)N1CCOCC1.CNS(=O)(=O)C(C)C. The monoisotopic (exact) mass is 1080 g/mol. The van der Waals surface area contributed by atoms with Crippen LogP contribution in [0.25, 0.3) is 0 Å². The minimum Gasteiger partial charge on any atom is -0.481 e. The average molecular weight is 1080 g/mol. The van der Waals surface area contributed by atoms with Crippen LogP contribution in [0.15, 0.2) is 0 Å². The van der Waals surface area contributed by atoms with Gasteiger partial charge in [-0.25, -0.2) is 55.4 Å². The fourth-order valence-corrected chi connectivity index (χ4v) is 10.1. The maximum absolute atomic E-state index is 11.7. The zero-order chi connectivity index (χ0) is 54.2. The Hall–Kier alpha value is -1.59. The molecule has 0 aromatic heterocycles. The van der Waals surface area contributed by atoms with Crippen molar-refractivity contribution in [3.63, 3.8) is 0 Å². The van der Waals surface area contributed by atoms with E-state index in [-0.39, 0.29) is 44.0 Å². The van der Waals surface area contributed by atoms with Gasteiger partial charge in [0.25, 0.3) is 0 Å². The molecule has 3 heterocycles. The topological polar surface area (TPSA) is 275 Å². The van der Waals surface area contributed by atoms with E-state index < -0.39 is 56.1 Å². The maximum atomic E-state index is 11.7. The molecular formula is C42H93N7O14S5. The van der Waals surface area contributed by atoms with E-state index in [1.807, 2.05) is 20.9 Å². The lowest BCUT2D eigenvalue weighted by atomic mass is 10.2. The lowest BCUT2D eigenvalue weighted by Crippen LogP contribution is -2.49. The number of rotatable bonds is 13. The fourth-order valence-electron chi connectivity index (χ4n) is 4.93. The van der Waals surface area contributed by atoms with Gasteiger partial charge in [0.1, 0.15) is 0 Å². The highest BCUT2D eigenvalue weighted by Crippen LogP contribution is 2.19. The number of carboxylic acids is 1. The van der Waals surface area contributed by atoms with Gasteiger partial charge in [-0.1, -0.05) is 27.7 Å². The summed E-state index contributed by atoms with van der Waals surface area (Å²) in [6.07, 6.45) is 4.40. The second kappa shape index (κ2) is 33.2. The largest absolute Gasteiger partial charge is 0.481 e. The predicted octanol–water partition coefficient (Wildman–Crippen LogP) is 2.73. The van der Waals surface area contributed by atoms with Crippen molar-refractivity contribution >= 4 is 62.0 Å². The van der Waals surface area contributed by atoms with Crippen molar-refractivity contribution in [2.24, 2.45) is 11.8 Å². The van der Waals surface area contributed by atoms with Gasteiger partial charge in [0, 0.05) is 78.4 Å². The molecule has 3 aliphatic heterocycles. The number of sulfonamides is 5. The van der Waals surface area contributed by atoms with Crippen LogP contribution in [0, 0.1) is 11.8 Å². The summed E-state index contributed by atoms with van der Waals surface area (Å²) in [7, 11) is -8.47. The van der Waals surface area contributed by atoms with Gasteiger partial charge in [0.05, 0.1) is 45.4 Å². The Morgan fingerprint density at radius 3 is 1.10 bits per heavy atom. The molecule has 3 saturated heterocycles. The quantitative estimate of drug-likeness (QED) is 0.239. The number of morpholine rings is 1. The number of nitrogens with one attached hydrogen (secondary N) is 2. The molecule has 4 rings (SSSR count).